The van der Waals surface area contributed by atoms with Gasteiger partial charge in [0, 0.05) is 43.9 Å². The molecule has 182 valence electrons. The SMILES string of the molecule is COc1ccc2nccc(CCN3CC[C@@H]4CN(c5ccc6c(c5)OCCO6)C(=O)O[C@H]4C3)c2n1. The number of hydrogen-bond donors (Lipinski definition) is 0. The molecule has 1 amide bonds. The van der Waals surface area contributed by atoms with E-state index in [9.17, 15) is 4.79 Å². The van der Waals surface area contributed by atoms with Crippen LogP contribution in [-0.4, -0.2) is 73.6 Å². The molecule has 3 aliphatic heterocycles. The van der Waals surface area contributed by atoms with Crippen LogP contribution >= 0.6 is 0 Å². The zero-order valence-corrected chi connectivity index (χ0v) is 19.7. The molecule has 5 heterocycles. The minimum Gasteiger partial charge on any atom is -0.486 e. The van der Waals surface area contributed by atoms with Gasteiger partial charge in [-0.15, -0.1) is 0 Å². The van der Waals surface area contributed by atoms with Crippen molar-refractivity contribution in [1.29, 1.82) is 0 Å². The van der Waals surface area contributed by atoms with Gasteiger partial charge in [-0.1, -0.05) is 0 Å². The first-order chi connectivity index (χ1) is 17.2. The summed E-state index contributed by atoms with van der Waals surface area (Å²) in [5.74, 6) is 2.27. The third-order valence-electron chi connectivity index (χ3n) is 7.06. The zero-order valence-electron chi connectivity index (χ0n) is 19.7. The van der Waals surface area contributed by atoms with Crippen LogP contribution in [0.3, 0.4) is 0 Å². The van der Waals surface area contributed by atoms with Crippen molar-refractivity contribution in [3.05, 3.63) is 48.2 Å². The van der Waals surface area contributed by atoms with Crippen LogP contribution in [0.5, 0.6) is 17.4 Å². The Balaban J connectivity index is 1.10. The van der Waals surface area contributed by atoms with Crippen molar-refractivity contribution in [2.24, 2.45) is 5.92 Å². The van der Waals surface area contributed by atoms with Crippen molar-refractivity contribution >= 4 is 22.8 Å². The van der Waals surface area contributed by atoms with Gasteiger partial charge in [0.25, 0.3) is 0 Å². The number of ether oxygens (including phenoxy) is 4. The summed E-state index contributed by atoms with van der Waals surface area (Å²) in [6.45, 7) is 4.28. The van der Waals surface area contributed by atoms with Gasteiger partial charge in [-0.3, -0.25) is 14.8 Å². The van der Waals surface area contributed by atoms with E-state index in [0.29, 0.717) is 43.1 Å². The maximum Gasteiger partial charge on any atom is 0.414 e. The molecule has 2 atom stereocenters. The first-order valence-corrected chi connectivity index (χ1v) is 12.1. The fourth-order valence-corrected chi connectivity index (χ4v) is 5.14. The molecule has 2 saturated heterocycles. The van der Waals surface area contributed by atoms with Crippen molar-refractivity contribution in [2.45, 2.75) is 18.9 Å². The van der Waals surface area contributed by atoms with Crippen LogP contribution in [0.1, 0.15) is 12.0 Å². The summed E-state index contributed by atoms with van der Waals surface area (Å²) in [7, 11) is 1.62. The largest absolute Gasteiger partial charge is 0.486 e. The molecular formula is C26H28N4O5. The molecule has 0 N–H and O–H groups in total. The van der Waals surface area contributed by atoms with Crippen LogP contribution in [0.15, 0.2) is 42.6 Å². The summed E-state index contributed by atoms with van der Waals surface area (Å²) in [6, 6.07) is 11.4. The maximum absolute atomic E-state index is 12.9. The van der Waals surface area contributed by atoms with Crippen LogP contribution in [0, 0.1) is 5.92 Å². The second-order valence-electron chi connectivity index (χ2n) is 9.15. The van der Waals surface area contributed by atoms with E-state index in [1.54, 1.807) is 12.0 Å². The minimum atomic E-state index is -0.304. The number of amides is 1. The zero-order chi connectivity index (χ0) is 23.8. The number of hydrogen-bond acceptors (Lipinski definition) is 8. The highest BCUT2D eigenvalue weighted by atomic mass is 16.6. The average molecular weight is 477 g/mol. The number of methoxy groups -OCH3 is 1. The third kappa shape index (κ3) is 4.32. The summed E-state index contributed by atoms with van der Waals surface area (Å²) in [5, 5.41) is 0. The number of piperidine rings is 1. The molecule has 2 aromatic heterocycles. The lowest BCUT2D eigenvalue weighted by Crippen LogP contribution is -2.56. The summed E-state index contributed by atoms with van der Waals surface area (Å²) in [6.07, 6.45) is 3.24. The molecule has 9 nitrogen and oxygen atoms in total. The van der Waals surface area contributed by atoms with Crippen LogP contribution in [0.25, 0.3) is 11.0 Å². The van der Waals surface area contributed by atoms with E-state index in [0.717, 1.165) is 54.8 Å². The highest BCUT2D eigenvalue weighted by Gasteiger charge is 2.40. The number of fused-ring (bicyclic) bond motifs is 3. The second-order valence-corrected chi connectivity index (χ2v) is 9.15. The topological polar surface area (TPSA) is 86.2 Å². The predicted molar refractivity (Wildman–Crippen MR) is 129 cm³/mol. The van der Waals surface area contributed by atoms with Crippen LogP contribution < -0.4 is 19.1 Å². The minimum absolute atomic E-state index is 0.0999. The number of anilines is 1. The lowest BCUT2D eigenvalue weighted by atomic mass is 9.91. The number of rotatable bonds is 5. The van der Waals surface area contributed by atoms with Crippen molar-refractivity contribution in [1.82, 2.24) is 14.9 Å². The molecule has 3 aromatic rings. The van der Waals surface area contributed by atoms with Crippen molar-refractivity contribution < 1.29 is 23.7 Å². The molecule has 0 spiro atoms. The second kappa shape index (κ2) is 9.22. The van der Waals surface area contributed by atoms with E-state index < -0.39 is 0 Å². The molecular weight excluding hydrogens is 448 g/mol. The Labute approximate surface area is 203 Å². The van der Waals surface area contributed by atoms with Gasteiger partial charge in [-0.2, -0.15) is 0 Å². The summed E-state index contributed by atoms with van der Waals surface area (Å²) >= 11 is 0. The number of aromatic nitrogens is 2. The molecule has 9 heteroatoms. The quantitative estimate of drug-likeness (QED) is 0.555. The number of nitrogens with zero attached hydrogens (tertiary/aromatic N) is 4. The van der Waals surface area contributed by atoms with E-state index in [1.165, 1.54) is 0 Å². The highest BCUT2D eigenvalue weighted by molar-refractivity contribution is 5.89. The van der Waals surface area contributed by atoms with Gasteiger partial charge in [0.1, 0.15) is 19.3 Å². The van der Waals surface area contributed by atoms with E-state index in [4.69, 9.17) is 18.9 Å². The summed E-state index contributed by atoms with van der Waals surface area (Å²) in [5.41, 5.74) is 3.66. The molecule has 1 aromatic carbocycles. The van der Waals surface area contributed by atoms with Crippen molar-refractivity contribution in [2.75, 3.05) is 51.4 Å². The van der Waals surface area contributed by atoms with Gasteiger partial charge in [0.2, 0.25) is 5.88 Å². The third-order valence-corrected chi connectivity index (χ3v) is 7.06. The molecule has 3 aliphatic rings. The van der Waals surface area contributed by atoms with Gasteiger partial charge in [0.15, 0.2) is 11.5 Å². The Kier molecular flexibility index (Phi) is 5.77. The van der Waals surface area contributed by atoms with Crippen LogP contribution in [0.2, 0.25) is 0 Å². The smallest absolute Gasteiger partial charge is 0.414 e. The van der Waals surface area contributed by atoms with E-state index >= 15 is 0 Å². The molecule has 0 aliphatic carbocycles. The first-order valence-electron chi connectivity index (χ1n) is 12.1. The summed E-state index contributed by atoms with van der Waals surface area (Å²) in [4.78, 5) is 26.0. The number of carbonyl (C=O) groups excluding carboxylic acids is 1. The van der Waals surface area contributed by atoms with Crippen molar-refractivity contribution in [3.63, 3.8) is 0 Å². The predicted octanol–water partition coefficient (Wildman–Crippen LogP) is 3.30. The maximum atomic E-state index is 12.9. The van der Waals surface area contributed by atoms with Gasteiger partial charge in [-0.25, -0.2) is 9.78 Å². The molecule has 0 bridgehead atoms. The Morgan fingerprint density at radius 2 is 1.97 bits per heavy atom. The number of benzene rings is 1. The molecule has 0 radical (unpaired) electrons. The molecule has 6 rings (SSSR count). The van der Waals surface area contributed by atoms with Gasteiger partial charge < -0.3 is 18.9 Å². The Morgan fingerprint density at radius 1 is 1.09 bits per heavy atom. The normalized spacial score (nSPS) is 22.0. The average Bonchev–Trinajstić information content (AvgIpc) is 2.90. The van der Waals surface area contributed by atoms with E-state index in [2.05, 4.69) is 14.9 Å². The molecule has 0 unspecified atom stereocenters. The van der Waals surface area contributed by atoms with Gasteiger partial charge in [-0.05, 0) is 49.2 Å². The Bertz CT molecular complexity index is 1250. The fourth-order valence-electron chi connectivity index (χ4n) is 5.14. The molecule has 0 saturated carbocycles. The fraction of sp³-hybridized carbons (Fsp3) is 0.423. The number of carbonyl (C=O) groups is 1. The van der Waals surface area contributed by atoms with Crippen LogP contribution in [-0.2, 0) is 11.2 Å². The van der Waals surface area contributed by atoms with Gasteiger partial charge >= 0.3 is 6.09 Å². The van der Waals surface area contributed by atoms with Crippen molar-refractivity contribution in [3.8, 4) is 17.4 Å². The van der Waals surface area contributed by atoms with Gasteiger partial charge in [0.05, 0.1) is 23.8 Å². The van der Waals surface area contributed by atoms with Crippen LogP contribution in [0.4, 0.5) is 10.5 Å². The molecule has 35 heavy (non-hydrogen) atoms. The highest BCUT2D eigenvalue weighted by Crippen LogP contribution is 2.36. The lowest BCUT2D eigenvalue weighted by Gasteiger charge is -2.44. The van der Waals surface area contributed by atoms with E-state index in [-0.39, 0.29) is 12.2 Å². The monoisotopic (exact) mass is 476 g/mol. The summed E-state index contributed by atoms with van der Waals surface area (Å²) < 4.78 is 22.5. The van der Waals surface area contributed by atoms with E-state index in [1.807, 2.05) is 42.6 Å². The molecule has 2 fully saturated rings. The first kappa shape index (κ1) is 21.9. The standard InChI is InChI=1S/C26H28N4O5/c1-32-24-5-3-20-25(28-24)17(6-9-27-20)7-10-29-11-8-18-15-30(26(31)35-23(18)16-29)19-2-4-21-22(14-19)34-13-12-33-21/h2-6,9,14,18,23H,7-8,10-13,15-16H2,1H3/t18-,23+/m1/s1. The Hall–Kier alpha value is -3.59. The Morgan fingerprint density at radius 3 is 2.86 bits per heavy atom. The lowest BCUT2D eigenvalue weighted by molar-refractivity contribution is -0.00647. The number of likely N-dealkylation sites (tertiary alicyclic amines) is 1. The number of pyridine rings is 2.